The van der Waals surface area contributed by atoms with Crippen LogP contribution in [0.4, 0.5) is 5.95 Å². The van der Waals surface area contributed by atoms with Gasteiger partial charge < -0.3 is 10.0 Å². The normalized spacial score (nSPS) is 18.3. The number of piperazine rings is 1. The number of carbonyl (C=O) groups is 1. The molecule has 0 amide bonds. The van der Waals surface area contributed by atoms with Crippen LogP contribution in [-0.2, 0) is 4.79 Å². The van der Waals surface area contributed by atoms with Crippen molar-refractivity contribution in [2.24, 2.45) is 0 Å². The van der Waals surface area contributed by atoms with Gasteiger partial charge in [-0.25, -0.2) is 9.97 Å². The molecular weight excluding hydrogens is 244 g/mol. The number of carboxylic acids is 1. The van der Waals surface area contributed by atoms with E-state index >= 15 is 0 Å². The Balaban J connectivity index is 1.93. The van der Waals surface area contributed by atoms with Gasteiger partial charge in [0.15, 0.2) is 0 Å². The predicted octanol–water partition coefficient (Wildman–Crippen LogP) is 0.852. The molecule has 0 radical (unpaired) electrons. The lowest BCUT2D eigenvalue weighted by Gasteiger charge is -2.37. The summed E-state index contributed by atoms with van der Waals surface area (Å²) in [6.45, 7) is 5.06. The maximum Gasteiger partial charge on any atom is 0.320 e. The molecule has 1 atom stereocenters. The highest BCUT2D eigenvalue weighted by molar-refractivity contribution is 5.73. The van der Waals surface area contributed by atoms with E-state index in [2.05, 4.69) is 14.9 Å². The van der Waals surface area contributed by atoms with E-state index in [4.69, 9.17) is 0 Å². The first kappa shape index (κ1) is 13.7. The molecule has 1 aromatic rings. The molecule has 0 bridgehead atoms. The molecule has 1 aliphatic rings. The number of rotatable bonds is 5. The summed E-state index contributed by atoms with van der Waals surface area (Å²) in [4.78, 5) is 23.9. The Kier molecular flexibility index (Phi) is 4.68. The van der Waals surface area contributed by atoms with Crippen LogP contribution in [0.5, 0.6) is 0 Å². The van der Waals surface area contributed by atoms with Crippen molar-refractivity contribution in [1.82, 2.24) is 14.9 Å². The van der Waals surface area contributed by atoms with Crippen LogP contribution >= 0.6 is 0 Å². The van der Waals surface area contributed by atoms with E-state index in [9.17, 15) is 9.90 Å². The molecule has 2 heterocycles. The van der Waals surface area contributed by atoms with E-state index in [-0.39, 0.29) is 6.04 Å². The third kappa shape index (κ3) is 3.41. The molecule has 1 aromatic heterocycles. The van der Waals surface area contributed by atoms with E-state index in [1.54, 1.807) is 18.5 Å². The summed E-state index contributed by atoms with van der Waals surface area (Å²) in [5.41, 5.74) is 0. The Hall–Kier alpha value is -1.69. The number of anilines is 1. The molecule has 1 saturated heterocycles. The van der Waals surface area contributed by atoms with Crippen LogP contribution in [0.1, 0.15) is 19.8 Å². The summed E-state index contributed by atoms with van der Waals surface area (Å²) >= 11 is 0. The first-order valence-corrected chi connectivity index (χ1v) is 6.71. The van der Waals surface area contributed by atoms with Gasteiger partial charge in [-0.2, -0.15) is 0 Å². The standard InChI is InChI=1S/C13H20N4O2/c1-2-4-11(12(18)19)16-7-9-17(10-8-16)13-14-5-3-6-15-13/h3,5-6,11H,2,4,7-10H2,1H3,(H,18,19). The number of nitrogens with zero attached hydrogens (tertiary/aromatic N) is 4. The number of aliphatic carboxylic acids is 1. The van der Waals surface area contributed by atoms with Gasteiger partial charge in [-0.1, -0.05) is 13.3 Å². The molecule has 0 aliphatic carbocycles. The van der Waals surface area contributed by atoms with Gasteiger partial charge in [-0.05, 0) is 12.5 Å². The Bertz CT molecular complexity index is 404. The maximum absolute atomic E-state index is 11.3. The van der Waals surface area contributed by atoms with Crippen LogP contribution in [0.3, 0.4) is 0 Å². The fourth-order valence-electron chi connectivity index (χ4n) is 2.42. The van der Waals surface area contributed by atoms with Crippen molar-refractivity contribution in [3.63, 3.8) is 0 Å². The minimum atomic E-state index is -0.716. The molecule has 1 aliphatic heterocycles. The third-order valence-corrected chi connectivity index (χ3v) is 3.44. The zero-order valence-electron chi connectivity index (χ0n) is 11.2. The van der Waals surface area contributed by atoms with E-state index in [1.165, 1.54) is 0 Å². The molecule has 2 rings (SSSR count). The minimum absolute atomic E-state index is 0.358. The van der Waals surface area contributed by atoms with Gasteiger partial charge in [0, 0.05) is 38.6 Å². The Labute approximate surface area is 113 Å². The monoisotopic (exact) mass is 264 g/mol. The van der Waals surface area contributed by atoms with Crippen LogP contribution in [0.15, 0.2) is 18.5 Å². The van der Waals surface area contributed by atoms with Gasteiger partial charge in [-0.15, -0.1) is 0 Å². The SMILES string of the molecule is CCCC(C(=O)O)N1CCN(c2ncccn2)CC1. The maximum atomic E-state index is 11.3. The van der Waals surface area contributed by atoms with E-state index in [1.807, 2.05) is 11.8 Å². The van der Waals surface area contributed by atoms with Gasteiger partial charge in [-0.3, -0.25) is 9.69 Å². The number of hydrogen-bond acceptors (Lipinski definition) is 5. The van der Waals surface area contributed by atoms with Gasteiger partial charge in [0.05, 0.1) is 0 Å². The fraction of sp³-hybridized carbons (Fsp3) is 0.615. The summed E-state index contributed by atoms with van der Waals surface area (Å²) in [7, 11) is 0. The quantitative estimate of drug-likeness (QED) is 0.850. The van der Waals surface area contributed by atoms with E-state index in [0.717, 1.165) is 38.5 Å². The molecule has 0 saturated carbocycles. The van der Waals surface area contributed by atoms with E-state index in [0.29, 0.717) is 6.42 Å². The second kappa shape index (κ2) is 6.47. The average Bonchev–Trinajstić information content (AvgIpc) is 2.46. The molecular formula is C13H20N4O2. The Morgan fingerprint density at radius 2 is 1.95 bits per heavy atom. The number of hydrogen-bond donors (Lipinski definition) is 1. The number of aromatic nitrogens is 2. The molecule has 6 nitrogen and oxygen atoms in total. The Morgan fingerprint density at radius 1 is 1.32 bits per heavy atom. The Morgan fingerprint density at radius 3 is 2.47 bits per heavy atom. The second-order valence-corrected chi connectivity index (χ2v) is 4.71. The smallest absolute Gasteiger partial charge is 0.320 e. The lowest BCUT2D eigenvalue weighted by atomic mass is 10.1. The zero-order chi connectivity index (χ0) is 13.7. The molecule has 1 fully saturated rings. The first-order valence-electron chi connectivity index (χ1n) is 6.71. The van der Waals surface area contributed by atoms with Crippen molar-refractivity contribution in [2.45, 2.75) is 25.8 Å². The third-order valence-electron chi connectivity index (χ3n) is 3.44. The highest BCUT2D eigenvalue weighted by Gasteiger charge is 2.28. The number of carboxylic acid groups (broad SMARTS) is 1. The van der Waals surface area contributed by atoms with E-state index < -0.39 is 5.97 Å². The van der Waals surface area contributed by atoms with Crippen LogP contribution in [0.2, 0.25) is 0 Å². The van der Waals surface area contributed by atoms with Gasteiger partial charge >= 0.3 is 5.97 Å². The lowest BCUT2D eigenvalue weighted by Crippen LogP contribution is -2.53. The van der Waals surface area contributed by atoms with Crippen molar-refractivity contribution < 1.29 is 9.90 Å². The molecule has 6 heteroatoms. The summed E-state index contributed by atoms with van der Waals surface area (Å²) in [6.07, 6.45) is 5.05. The summed E-state index contributed by atoms with van der Waals surface area (Å²) in [5, 5.41) is 9.26. The fourth-order valence-corrected chi connectivity index (χ4v) is 2.42. The van der Waals surface area contributed by atoms with Crippen molar-refractivity contribution in [3.8, 4) is 0 Å². The summed E-state index contributed by atoms with van der Waals surface area (Å²) in [6, 6.07) is 1.44. The summed E-state index contributed by atoms with van der Waals surface area (Å²) in [5.74, 6) is 0.00998. The van der Waals surface area contributed by atoms with Crippen LogP contribution < -0.4 is 4.90 Å². The largest absolute Gasteiger partial charge is 0.480 e. The molecule has 1 N–H and O–H groups in total. The molecule has 1 unspecified atom stereocenters. The lowest BCUT2D eigenvalue weighted by molar-refractivity contribution is -0.143. The average molecular weight is 264 g/mol. The predicted molar refractivity (Wildman–Crippen MR) is 72.1 cm³/mol. The molecule has 104 valence electrons. The highest BCUT2D eigenvalue weighted by atomic mass is 16.4. The van der Waals surface area contributed by atoms with Crippen LogP contribution in [0.25, 0.3) is 0 Å². The van der Waals surface area contributed by atoms with Crippen molar-refractivity contribution in [1.29, 1.82) is 0 Å². The molecule has 0 spiro atoms. The van der Waals surface area contributed by atoms with Crippen LogP contribution in [-0.4, -0.2) is 58.2 Å². The highest BCUT2D eigenvalue weighted by Crippen LogP contribution is 2.14. The topological polar surface area (TPSA) is 69.6 Å². The zero-order valence-corrected chi connectivity index (χ0v) is 11.2. The molecule has 0 aromatic carbocycles. The van der Waals surface area contributed by atoms with Crippen molar-refractivity contribution in [3.05, 3.63) is 18.5 Å². The second-order valence-electron chi connectivity index (χ2n) is 4.71. The van der Waals surface area contributed by atoms with Crippen molar-refractivity contribution in [2.75, 3.05) is 31.1 Å². The summed E-state index contributed by atoms with van der Waals surface area (Å²) < 4.78 is 0. The van der Waals surface area contributed by atoms with Gasteiger partial charge in [0.2, 0.25) is 5.95 Å². The minimum Gasteiger partial charge on any atom is -0.480 e. The molecule has 19 heavy (non-hydrogen) atoms. The van der Waals surface area contributed by atoms with Crippen molar-refractivity contribution >= 4 is 11.9 Å². The first-order chi connectivity index (χ1) is 9.22. The van der Waals surface area contributed by atoms with Gasteiger partial charge in [0.1, 0.15) is 6.04 Å². The van der Waals surface area contributed by atoms with Gasteiger partial charge in [0.25, 0.3) is 0 Å². The van der Waals surface area contributed by atoms with Crippen LogP contribution in [0, 0.1) is 0 Å².